The average Bonchev–Trinajstić information content (AvgIpc) is 2.66. The SMILES string of the molecule is CCCC(C)NC(=O)c1coc(C(C)N)n1. The third-order valence-corrected chi connectivity index (χ3v) is 2.24. The molecule has 1 rings (SSSR count). The van der Waals surface area contributed by atoms with Crippen molar-refractivity contribution in [2.75, 3.05) is 0 Å². The largest absolute Gasteiger partial charge is 0.446 e. The van der Waals surface area contributed by atoms with Crippen LogP contribution in [0.25, 0.3) is 0 Å². The van der Waals surface area contributed by atoms with Gasteiger partial charge in [-0.1, -0.05) is 13.3 Å². The Kier molecular flexibility index (Phi) is 4.49. The van der Waals surface area contributed by atoms with Crippen LogP contribution in [0.3, 0.4) is 0 Å². The van der Waals surface area contributed by atoms with Gasteiger partial charge in [-0.25, -0.2) is 4.98 Å². The van der Waals surface area contributed by atoms with E-state index in [1.54, 1.807) is 6.92 Å². The molecule has 16 heavy (non-hydrogen) atoms. The van der Waals surface area contributed by atoms with E-state index in [-0.39, 0.29) is 23.7 Å². The van der Waals surface area contributed by atoms with Crippen LogP contribution >= 0.6 is 0 Å². The summed E-state index contributed by atoms with van der Waals surface area (Å²) in [6.45, 7) is 5.80. The van der Waals surface area contributed by atoms with E-state index >= 15 is 0 Å². The number of rotatable bonds is 5. The molecule has 0 aromatic carbocycles. The van der Waals surface area contributed by atoms with Gasteiger partial charge in [0.2, 0.25) is 5.89 Å². The maximum absolute atomic E-state index is 11.7. The van der Waals surface area contributed by atoms with Gasteiger partial charge in [-0.2, -0.15) is 0 Å². The molecule has 0 saturated heterocycles. The lowest BCUT2D eigenvalue weighted by Gasteiger charge is -2.10. The number of oxazole rings is 1. The molecule has 1 amide bonds. The lowest BCUT2D eigenvalue weighted by atomic mass is 10.2. The number of nitrogens with one attached hydrogen (secondary N) is 1. The van der Waals surface area contributed by atoms with Crippen LogP contribution in [-0.4, -0.2) is 16.9 Å². The van der Waals surface area contributed by atoms with Crippen molar-refractivity contribution in [1.29, 1.82) is 0 Å². The Morgan fingerprint density at radius 1 is 1.62 bits per heavy atom. The van der Waals surface area contributed by atoms with Crippen molar-refractivity contribution >= 4 is 5.91 Å². The standard InChI is InChI=1S/C11H19N3O2/c1-4-5-7(2)13-10(15)9-6-16-11(14-9)8(3)12/h6-8H,4-5,12H2,1-3H3,(H,13,15). The number of hydrogen-bond acceptors (Lipinski definition) is 4. The zero-order valence-corrected chi connectivity index (χ0v) is 9.99. The van der Waals surface area contributed by atoms with Crippen molar-refractivity contribution in [3.05, 3.63) is 17.8 Å². The predicted octanol–water partition coefficient (Wildman–Crippen LogP) is 1.61. The second-order valence-electron chi connectivity index (χ2n) is 4.02. The van der Waals surface area contributed by atoms with Gasteiger partial charge < -0.3 is 15.5 Å². The highest BCUT2D eigenvalue weighted by atomic mass is 16.3. The van der Waals surface area contributed by atoms with Gasteiger partial charge in [-0.05, 0) is 20.3 Å². The van der Waals surface area contributed by atoms with Crippen LogP contribution in [0.15, 0.2) is 10.7 Å². The van der Waals surface area contributed by atoms with Crippen LogP contribution in [0.4, 0.5) is 0 Å². The van der Waals surface area contributed by atoms with E-state index in [0.717, 1.165) is 12.8 Å². The van der Waals surface area contributed by atoms with Gasteiger partial charge in [-0.15, -0.1) is 0 Å². The van der Waals surface area contributed by atoms with Crippen molar-refractivity contribution in [1.82, 2.24) is 10.3 Å². The van der Waals surface area contributed by atoms with Crippen LogP contribution < -0.4 is 11.1 Å². The van der Waals surface area contributed by atoms with Gasteiger partial charge in [0.25, 0.3) is 5.91 Å². The molecule has 0 aliphatic rings. The molecule has 2 atom stereocenters. The van der Waals surface area contributed by atoms with Gasteiger partial charge in [0.1, 0.15) is 6.26 Å². The summed E-state index contributed by atoms with van der Waals surface area (Å²) in [5.41, 5.74) is 5.88. The molecule has 1 heterocycles. The summed E-state index contributed by atoms with van der Waals surface area (Å²) in [5.74, 6) is 0.171. The van der Waals surface area contributed by atoms with Gasteiger partial charge in [0.15, 0.2) is 5.69 Å². The zero-order valence-electron chi connectivity index (χ0n) is 9.99. The zero-order chi connectivity index (χ0) is 12.1. The highest BCUT2D eigenvalue weighted by Gasteiger charge is 2.15. The molecule has 0 spiro atoms. The molecule has 0 saturated carbocycles. The Balaban J connectivity index is 2.59. The summed E-state index contributed by atoms with van der Waals surface area (Å²) in [6, 6.07) is -0.150. The predicted molar refractivity (Wildman–Crippen MR) is 60.9 cm³/mol. The molecular weight excluding hydrogens is 206 g/mol. The van der Waals surface area contributed by atoms with Crippen LogP contribution in [-0.2, 0) is 0 Å². The minimum atomic E-state index is -0.297. The number of carbonyl (C=O) groups is 1. The smallest absolute Gasteiger partial charge is 0.273 e. The molecule has 1 aromatic heterocycles. The van der Waals surface area contributed by atoms with Crippen LogP contribution in [0.5, 0.6) is 0 Å². The van der Waals surface area contributed by atoms with Gasteiger partial charge in [0, 0.05) is 6.04 Å². The van der Waals surface area contributed by atoms with E-state index in [2.05, 4.69) is 17.2 Å². The number of aromatic nitrogens is 1. The van der Waals surface area contributed by atoms with Crippen molar-refractivity contribution in [2.45, 2.75) is 45.7 Å². The van der Waals surface area contributed by atoms with E-state index in [0.29, 0.717) is 5.89 Å². The fourth-order valence-corrected chi connectivity index (χ4v) is 1.40. The molecule has 0 radical (unpaired) electrons. The molecule has 0 fully saturated rings. The third kappa shape index (κ3) is 3.34. The molecule has 3 N–H and O–H groups in total. The molecule has 0 aliphatic carbocycles. The van der Waals surface area contributed by atoms with Crippen LogP contribution in [0.1, 0.15) is 56.0 Å². The summed E-state index contributed by atoms with van der Waals surface area (Å²) in [7, 11) is 0. The molecule has 0 bridgehead atoms. The summed E-state index contributed by atoms with van der Waals surface area (Å²) in [4.78, 5) is 15.7. The minimum absolute atomic E-state index is 0.146. The number of hydrogen-bond donors (Lipinski definition) is 2. The highest BCUT2D eigenvalue weighted by molar-refractivity contribution is 5.92. The number of nitrogens with two attached hydrogens (primary N) is 1. The highest BCUT2D eigenvalue weighted by Crippen LogP contribution is 2.09. The van der Waals surface area contributed by atoms with Crippen molar-refractivity contribution < 1.29 is 9.21 Å². The first-order chi connectivity index (χ1) is 7.54. The molecular formula is C11H19N3O2. The molecule has 5 heteroatoms. The Labute approximate surface area is 95.4 Å². The fourth-order valence-electron chi connectivity index (χ4n) is 1.40. The topological polar surface area (TPSA) is 81.2 Å². The van der Waals surface area contributed by atoms with Crippen molar-refractivity contribution in [3.63, 3.8) is 0 Å². The van der Waals surface area contributed by atoms with Gasteiger partial charge in [-0.3, -0.25) is 4.79 Å². The first-order valence-corrected chi connectivity index (χ1v) is 5.56. The molecule has 1 aromatic rings. The van der Waals surface area contributed by atoms with Crippen molar-refractivity contribution in [2.24, 2.45) is 5.73 Å². The normalized spacial score (nSPS) is 14.5. The maximum atomic E-state index is 11.7. The first-order valence-electron chi connectivity index (χ1n) is 5.56. The molecule has 0 aliphatic heterocycles. The molecule has 2 unspecified atom stereocenters. The van der Waals surface area contributed by atoms with E-state index in [1.165, 1.54) is 6.26 Å². The third-order valence-electron chi connectivity index (χ3n) is 2.24. The Hall–Kier alpha value is -1.36. The Morgan fingerprint density at radius 3 is 2.81 bits per heavy atom. The second-order valence-corrected chi connectivity index (χ2v) is 4.02. The number of nitrogens with zero attached hydrogens (tertiary/aromatic N) is 1. The van der Waals surface area contributed by atoms with E-state index < -0.39 is 0 Å². The van der Waals surface area contributed by atoms with E-state index in [9.17, 15) is 4.79 Å². The van der Waals surface area contributed by atoms with E-state index in [4.69, 9.17) is 10.2 Å². The number of amides is 1. The van der Waals surface area contributed by atoms with Gasteiger partial charge >= 0.3 is 0 Å². The second kappa shape index (κ2) is 5.65. The maximum Gasteiger partial charge on any atom is 0.273 e. The summed E-state index contributed by atoms with van der Waals surface area (Å²) in [5, 5.41) is 2.85. The summed E-state index contributed by atoms with van der Waals surface area (Å²) in [6.07, 6.45) is 3.32. The Bertz CT molecular complexity index is 347. The Morgan fingerprint density at radius 2 is 2.31 bits per heavy atom. The number of carbonyl (C=O) groups excluding carboxylic acids is 1. The minimum Gasteiger partial charge on any atom is -0.446 e. The fraction of sp³-hybridized carbons (Fsp3) is 0.636. The lowest BCUT2D eigenvalue weighted by Crippen LogP contribution is -2.32. The van der Waals surface area contributed by atoms with Crippen LogP contribution in [0, 0.1) is 0 Å². The van der Waals surface area contributed by atoms with Crippen LogP contribution in [0.2, 0.25) is 0 Å². The molecule has 90 valence electrons. The first kappa shape index (κ1) is 12.7. The van der Waals surface area contributed by atoms with Gasteiger partial charge in [0.05, 0.1) is 6.04 Å². The summed E-state index contributed by atoms with van der Waals surface area (Å²) >= 11 is 0. The monoisotopic (exact) mass is 225 g/mol. The average molecular weight is 225 g/mol. The molecule has 5 nitrogen and oxygen atoms in total. The lowest BCUT2D eigenvalue weighted by molar-refractivity contribution is 0.0933. The quantitative estimate of drug-likeness (QED) is 0.797. The summed E-state index contributed by atoms with van der Waals surface area (Å²) < 4.78 is 5.09. The van der Waals surface area contributed by atoms with Crippen molar-refractivity contribution in [3.8, 4) is 0 Å². The van der Waals surface area contributed by atoms with E-state index in [1.807, 2.05) is 6.92 Å².